The minimum atomic E-state index is -3.79. The van der Waals surface area contributed by atoms with E-state index in [1.807, 2.05) is 6.92 Å². The van der Waals surface area contributed by atoms with Crippen LogP contribution in [0.1, 0.15) is 29.8 Å². The monoisotopic (exact) mass is 475 g/mol. The number of amides is 1. The van der Waals surface area contributed by atoms with Gasteiger partial charge >= 0.3 is 0 Å². The lowest BCUT2D eigenvalue weighted by molar-refractivity contribution is 0.0281. The Hall–Kier alpha value is -2.62. The molecule has 0 bridgehead atoms. The lowest BCUT2D eigenvalue weighted by atomic mass is 10.0. The maximum absolute atomic E-state index is 13.2. The second-order valence-electron chi connectivity index (χ2n) is 8.64. The molecule has 33 heavy (non-hydrogen) atoms. The van der Waals surface area contributed by atoms with Crippen molar-refractivity contribution in [1.82, 2.24) is 10.2 Å². The van der Waals surface area contributed by atoms with Crippen LogP contribution in [-0.4, -0.2) is 65.2 Å². The molecule has 0 radical (unpaired) electrons. The van der Waals surface area contributed by atoms with E-state index in [0.29, 0.717) is 42.3 Å². The minimum Gasteiger partial charge on any atom is -0.491 e. The van der Waals surface area contributed by atoms with Crippen LogP contribution in [0.5, 0.6) is 5.75 Å². The third-order valence-corrected chi connectivity index (χ3v) is 7.40. The lowest BCUT2D eigenvalue weighted by Crippen LogP contribution is -2.44. The van der Waals surface area contributed by atoms with E-state index in [9.17, 15) is 13.2 Å². The van der Waals surface area contributed by atoms with E-state index in [1.54, 1.807) is 68.4 Å². The van der Waals surface area contributed by atoms with Crippen molar-refractivity contribution in [2.75, 3.05) is 38.6 Å². The molecule has 3 atom stereocenters. The molecular weight excluding hydrogens is 442 g/mol. The molecule has 9 heteroatoms. The van der Waals surface area contributed by atoms with Gasteiger partial charge in [-0.3, -0.25) is 9.52 Å². The number of methoxy groups -OCH3 is 1. The first-order chi connectivity index (χ1) is 15.6. The summed E-state index contributed by atoms with van der Waals surface area (Å²) in [6.45, 7) is 7.29. The largest absolute Gasteiger partial charge is 0.491 e. The summed E-state index contributed by atoms with van der Waals surface area (Å²) in [6, 6.07) is 11.5. The molecule has 1 amide bonds. The molecule has 0 spiro atoms. The molecule has 0 unspecified atom stereocenters. The standard InChI is InChI=1S/C24H33N3O5S/c1-16-8-6-7-9-23(16)33(29,30)26-19-10-11-20-21(12-19)32-15-18(3)25-13-17(2)22(31-5)14-27(4)24(20)28/h6-12,17-18,22,25-26H,13-15H2,1-5H3/t17-,18+,22-/m0/s1. The molecular formula is C24H33N3O5S. The van der Waals surface area contributed by atoms with Crippen molar-refractivity contribution in [3.63, 3.8) is 0 Å². The van der Waals surface area contributed by atoms with Crippen molar-refractivity contribution in [3.8, 4) is 5.75 Å². The van der Waals surface area contributed by atoms with Gasteiger partial charge in [0.2, 0.25) is 0 Å². The Morgan fingerprint density at radius 2 is 1.91 bits per heavy atom. The van der Waals surface area contributed by atoms with Gasteiger partial charge in [-0.25, -0.2) is 8.42 Å². The Balaban J connectivity index is 1.93. The molecule has 2 aromatic rings. The van der Waals surface area contributed by atoms with Crippen LogP contribution in [0.25, 0.3) is 0 Å². The van der Waals surface area contributed by atoms with Gasteiger partial charge in [-0.15, -0.1) is 0 Å². The fourth-order valence-corrected chi connectivity index (χ4v) is 5.08. The van der Waals surface area contributed by atoms with Gasteiger partial charge in [0.05, 0.1) is 22.3 Å². The summed E-state index contributed by atoms with van der Waals surface area (Å²) >= 11 is 0. The topological polar surface area (TPSA) is 97.0 Å². The Morgan fingerprint density at radius 1 is 1.18 bits per heavy atom. The van der Waals surface area contributed by atoms with E-state index in [0.717, 1.165) is 0 Å². The summed E-state index contributed by atoms with van der Waals surface area (Å²) in [7, 11) is -0.417. The zero-order valence-corrected chi connectivity index (χ0v) is 20.6. The number of ether oxygens (including phenoxy) is 2. The van der Waals surface area contributed by atoms with Crippen molar-refractivity contribution in [3.05, 3.63) is 53.6 Å². The van der Waals surface area contributed by atoms with Gasteiger partial charge in [-0.2, -0.15) is 0 Å². The summed E-state index contributed by atoms with van der Waals surface area (Å²) in [5, 5.41) is 3.43. The number of likely N-dealkylation sites (N-methyl/N-ethyl adjacent to an activating group) is 1. The number of hydrogen-bond donors (Lipinski definition) is 2. The van der Waals surface area contributed by atoms with Gasteiger partial charge in [-0.05, 0) is 43.5 Å². The van der Waals surface area contributed by atoms with Crippen LogP contribution in [0.2, 0.25) is 0 Å². The SMILES string of the molecule is CO[C@H]1CN(C)C(=O)c2ccc(NS(=O)(=O)c3ccccc3C)cc2OC[C@@H](C)NC[C@@H]1C. The number of benzene rings is 2. The van der Waals surface area contributed by atoms with Crippen LogP contribution in [0.15, 0.2) is 47.4 Å². The minimum absolute atomic E-state index is 0.0254. The molecule has 1 aliphatic heterocycles. The Labute approximate surface area is 196 Å². The van der Waals surface area contributed by atoms with Gasteiger partial charge in [-0.1, -0.05) is 25.1 Å². The van der Waals surface area contributed by atoms with E-state index < -0.39 is 10.0 Å². The predicted octanol–water partition coefficient (Wildman–Crippen LogP) is 2.89. The third kappa shape index (κ3) is 6.04. The lowest BCUT2D eigenvalue weighted by Gasteiger charge is -2.30. The van der Waals surface area contributed by atoms with E-state index in [-0.39, 0.29) is 28.9 Å². The Bertz CT molecular complexity index is 1090. The zero-order chi connectivity index (χ0) is 24.2. The number of fused-ring (bicyclic) bond motifs is 1. The van der Waals surface area contributed by atoms with Gasteiger partial charge in [0.15, 0.2) is 0 Å². The smallest absolute Gasteiger partial charge is 0.262 e. The highest BCUT2D eigenvalue weighted by Crippen LogP contribution is 2.28. The van der Waals surface area contributed by atoms with Crippen molar-refractivity contribution >= 4 is 21.6 Å². The number of aryl methyl sites for hydroxylation is 1. The van der Waals surface area contributed by atoms with Crippen molar-refractivity contribution in [2.45, 2.75) is 37.8 Å². The van der Waals surface area contributed by atoms with Crippen LogP contribution in [0.4, 0.5) is 5.69 Å². The normalized spacial score (nSPS) is 22.5. The van der Waals surface area contributed by atoms with Gasteiger partial charge in [0.1, 0.15) is 12.4 Å². The number of anilines is 1. The van der Waals surface area contributed by atoms with Crippen molar-refractivity contribution in [1.29, 1.82) is 0 Å². The first kappa shape index (κ1) is 25.0. The van der Waals surface area contributed by atoms with Crippen LogP contribution in [-0.2, 0) is 14.8 Å². The molecule has 2 aromatic carbocycles. The summed E-state index contributed by atoms with van der Waals surface area (Å²) in [5.74, 6) is 0.312. The molecule has 0 aliphatic carbocycles. The quantitative estimate of drug-likeness (QED) is 0.706. The molecule has 0 saturated heterocycles. The molecule has 2 N–H and O–H groups in total. The molecule has 3 rings (SSSR count). The molecule has 0 saturated carbocycles. The summed E-state index contributed by atoms with van der Waals surface area (Å²) in [5.41, 5.74) is 1.33. The maximum atomic E-state index is 13.2. The average Bonchev–Trinajstić information content (AvgIpc) is 2.78. The number of hydrogen-bond acceptors (Lipinski definition) is 6. The van der Waals surface area contributed by atoms with E-state index >= 15 is 0 Å². The molecule has 1 heterocycles. The molecule has 180 valence electrons. The second-order valence-corrected chi connectivity index (χ2v) is 10.3. The second kappa shape index (κ2) is 10.5. The number of nitrogens with one attached hydrogen (secondary N) is 2. The molecule has 8 nitrogen and oxygen atoms in total. The van der Waals surface area contributed by atoms with E-state index in [4.69, 9.17) is 9.47 Å². The third-order valence-electron chi connectivity index (χ3n) is 5.86. The van der Waals surface area contributed by atoms with Crippen molar-refractivity contribution in [2.24, 2.45) is 5.92 Å². The number of sulfonamides is 1. The Kier molecular flexibility index (Phi) is 7.99. The highest BCUT2D eigenvalue weighted by molar-refractivity contribution is 7.92. The van der Waals surface area contributed by atoms with Crippen LogP contribution in [0.3, 0.4) is 0 Å². The van der Waals surface area contributed by atoms with Crippen LogP contribution in [0, 0.1) is 12.8 Å². The number of carbonyl (C=O) groups is 1. The zero-order valence-electron chi connectivity index (χ0n) is 19.8. The number of carbonyl (C=O) groups excluding carboxylic acids is 1. The average molecular weight is 476 g/mol. The first-order valence-corrected chi connectivity index (χ1v) is 12.5. The van der Waals surface area contributed by atoms with E-state index in [2.05, 4.69) is 17.0 Å². The molecule has 0 fully saturated rings. The Morgan fingerprint density at radius 3 is 2.61 bits per heavy atom. The van der Waals surface area contributed by atoms with Crippen molar-refractivity contribution < 1.29 is 22.7 Å². The number of nitrogens with zero attached hydrogens (tertiary/aromatic N) is 1. The highest BCUT2D eigenvalue weighted by atomic mass is 32.2. The first-order valence-electron chi connectivity index (χ1n) is 11.0. The predicted molar refractivity (Wildman–Crippen MR) is 128 cm³/mol. The molecule has 0 aromatic heterocycles. The summed E-state index contributed by atoms with van der Waals surface area (Å²) in [6.07, 6.45) is -0.123. The summed E-state index contributed by atoms with van der Waals surface area (Å²) < 4.78 is 40.1. The van der Waals surface area contributed by atoms with Crippen LogP contribution < -0.4 is 14.8 Å². The number of rotatable bonds is 4. The van der Waals surface area contributed by atoms with E-state index in [1.165, 1.54) is 0 Å². The highest BCUT2D eigenvalue weighted by Gasteiger charge is 2.26. The molecule has 1 aliphatic rings. The summed E-state index contributed by atoms with van der Waals surface area (Å²) in [4.78, 5) is 15.0. The fourth-order valence-electron chi connectivity index (χ4n) is 3.79. The van der Waals surface area contributed by atoms with Crippen LogP contribution >= 0.6 is 0 Å². The van der Waals surface area contributed by atoms with Gasteiger partial charge in [0, 0.05) is 39.4 Å². The maximum Gasteiger partial charge on any atom is 0.262 e. The van der Waals surface area contributed by atoms with Gasteiger partial charge < -0.3 is 19.7 Å². The van der Waals surface area contributed by atoms with Gasteiger partial charge in [0.25, 0.3) is 15.9 Å². The fraction of sp³-hybridized carbons (Fsp3) is 0.458.